The minimum Gasteiger partial charge on any atom is -0.295 e. The zero-order valence-corrected chi connectivity index (χ0v) is 24.4. The van der Waals surface area contributed by atoms with E-state index in [0.717, 1.165) is 41.2 Å². The molecule has 0 saturated carbocycles. The Morgan fingerprint density at radius 3 is 1.77 bits per heavy atom. The number of carbonyl (C=O) groups excluding carboxylic acids is 1. The van der Waals surface area contributed by atoms with Gasteiger partial charge in [0.2, 0.25) is 0 Å². The first-order chi connectivity index (χ1) is 19.2. The summed E-state index contributed by atoms with van der Waals surface area (Å²) >= 11 is 1.65. The van der Waals surface area contributed by atoms with Crippen molar-refractivity contribution < 1.29 is 17.8 Å². The van der Waals surface area contributed by atoms with Crippen LogP contribution >= 0.6 is 11.8 Å². The maximum atomic E-state index is 11.9. The van der Waals surface area contributed by atoms with Gasteiger partial charge in [-0.15, -0.1) is 0 Å². The number of hydrogen-bond acceptors (Lipinski definition) is 4. The van der Waals surface area contributed by atoms with Gasteiger partial charge in [0, 0.05) is 27.0 Å². The van der Waals surface area contributed by atoms with Crippen molar-refractivity contribution in [1.29, 1.82) is 0 Å². The fraction of sp³-hybridized carbons (Fsp3) is 0.0606. The number of aryl methyl sites for hydroxylation is 1. The Balaban J connectivity index is 1.42. The van der Waals surface area contributed by atoms with Crippen molar-refractivity contribution in [1.82, 2.24) is 0 Å². The van der Waals surface area contributed by atoms with Crippen molar-refractivity contribution >= 4 is 38.6 Å². The van der Waals surface area contributed by atoms with Gasteiger partial charge in [0.05, 0.1) is 15.8 Å². The van der Waals surface area contributed by atoms with Gasteiger partial charge < -0.3 is 0 Å². The summed E-state index contributed by atoms with van der Waals surface area (Å²) < 4.78 is 33.5. The molecular weight excluding hydrogens is 557 g/mol. The number of benzene rings is 5. The lowest BCUT2D eigenvalue weighted by atomic mass is 10.1. The molecule has 0 amide bonds. The summed E-state index contributed by atoms with van der Waals surface area (Å²) in [5.41, 5.74) is 3.82. The zero-order chi connectivity index (χ0) is 28.3. The third-order valence-electron chi connectivity index (χ3n) is 6.43. The maximum Gasteiger partial charge on any atom is 0.294 e. The molecule has 0 spiro atoms. The van der Waals surface area contributed by atoms with Gasteiger partial charge in [-0.25, -0.2) is 0 Å². The topological polar surface area (TPSA) is 71.4 Å². The Morgan fingerprint density at radius 1 is 0.700 bits per heavy atom. The van der Waals surface area contributed by atoms with Crippen LogP contribution in [0.4, 0.5) is 0 Å². The molecule has 0 radical (unpaired) electrons. The highest BCUT2D eigenvalue weighted by Gasteiger charge is 2.31. The van der Waals surface area contributed by atoms with E-state index in [-0.39, 0.29) is 10.7 Å². The molecule has 0 fully saturated rings. The van der Waals surface area contributed by atoms with Crippen LogP contribution in [0.25, 0.3) is 11.1 Å². The van der Waals surface area contributed by atoms with Crippen LogP contribution in [0, 0.1) is 6.92 Å². The summed E-state index contributed by atoms with van der Waals surface area (Å²) in [6.45, 7) is 3.52. The lowest BCUT2D eigenvalue weighted by molar-refractivity contribution is 0.101. The molecule has 4 nitrogen and oxygen atoms in total. The standard InChI is InChI=1S/C33H26O4S3/c1-23-8-21-32(40(35,36)37)22-33(23)39(30-6-4-3-5-7-30)31-19-13-27(14-20-31)26-11-17-29(18-12-26)38-28-15-9-25(10-16-28)24(2)34/h3-22H,1-2H3/p+1. The Labute approximate surface area is 242 Å². The molecule has 0 aromatic heterocycles. The van der Waals surface area contributed by atoms with Crippen LogP contribution in [0.3, 0.4) is 0 Å². The van der Waals surface area contributed by atoms with Gasteiger partial charge in [0.25, 0.3) is 10.1 Å². The van der Waals surface area contributed by atoms with Crippen LogP contribution in [0.2, 0.25) is 0 Å². The normalized spacial score (nSPS) is 12.2. The summed E-state index contributed by atoms with van der Waals surface area (Å²) in [6, 6.07) is 39.1. The van der Waals surface area contributed by atoms with E-state index in [2.05, 4.69) is 48.5 Å². The van der Waals surface area contributed by atoms with Crippen molar-refractivity contribution in [2.75, 3.05) is 0 Å². The fourth-order valence-electron chi connectivity index (χ4n) is 4.30. The predicted molar refractivity (Wildman–Crippen MR) is 162 cm³/mol. The van der Waals surface area contributed by atoms with Crippen LogP contribution in [0.15, 0.2) is 151 Å². The van der Waals surface area contributed by atoms with Gasteiger partial charge in [0.1, 0.15) is 0 Å². The molecular formula is C33H27O4S3+. The highest BCUT2D eigenvalue weighted by atomic mass is 32.2. The largest absolute Gasteiger partial charge is 0.295 e. The van der Waals surface area contributed by atoms with Crippen LogP contribution in [-0.4, -0.2) is 18.8 Å². The molecule has 0 heterocycles. The molecule has 0 aliphatic carbocycles. The van der Waals surface area contributed by atoms with Crippen molar-refractivity contribution in [3.63, 3.8) is 0 Å². The van der Waals surface area contributed by atoms with E-state index in [4.69, 9.17) is 0 Å². The Kier molecular flexibility index (Phi) is 8.28. The summed E-state index contributed by atoms with van der Waals surface area (Å²) in [5.74, 6) is 0.0595. The highest BCUT2D eigenvalue weighted by molar-refractivity contribution is 7.99. The van der Waals surface area contributed by atoms with Crippen molar-refractivity contribution in [3.8, 4) is 11.1 Å². The van der Waals surface area contributed by atoms with Gasteiger partial charge in [-0.2, -0.15) is 8.42 Å². The number of rotatable bonds is 8. The number of carbonyl (C=O) groups is 1. The van der Waals surface area contributed by atoms with Gasteiger partial charge in [-0.05, 0) is 91.7 Å². The number of hydrogen-bond donors (Lipinski definition) is 1. The molecule has 1 unspecified atom stereocenters. The van der Waals surface area contributed by atoms with E-state index in [0.29, 0.717) is 5.56 Å². The van der Waals surface area contributed by atoms with Gasteiger partial charge in [-0.1, -0.05) is 60.3 Å². The van der Waals surface area contributed by atoms with Gasteiger partial charge >= 0.3 is 0 Å². The second kappa shape index (κ2) is 11.9. The quantitative estimate of drug-likeness (QED) is 0.113. The second-order valence-electron chi connectivity index (χ2n) is 9.25. The highest BCUT2D eigenvalue weighted by Crippen LogP contribution is 2.36. The number of Topliss-reactive ketones (excluding diaryl/α,β-unsaturated/α-hetero) is 1. The fourth-order valence-corrected chi connectivity index (χ4v) is 7.95. The predicted octanol–water partition coefficient (Wildman–Crippen LogP) is 8.36. The van der Waals surface area contributed by atoms with Crippen molar-refractivity contribution in [2.45, 2.75) is 43.2 Å². The zero-order valence-electron chi connectivity index (χ0n) is 21.9. The third-order valence-corrected chi connectivity index (χ3v) is 10.7. The molecule has 5 rings (SSSR count). The van der Waals surface area contributed by atoms with E-state index in [1.165, 1.54) is 6.07 Å². The molecule has 5 aromatic rings. The minimum absolute atomic E-state index is 0.0595. The van der Waals surface area contributed by atoms with Crippen molar-refractivity contribution in [2.24, 2.45) is 0 Å². The molecule has 200 valence electrons. The first-order valence-electron chi connectivity index (χ1n) is 12.6. The summed E-state index contributed by atoms with van der Waals surface area (Å²) in [6.07, 6.45) is 0. The number of ketones is 1. The molecule has 5 aromatic carbocycles. The molecule has 40 heavy (non-hydrogen) atoms. The van der Waals surface area contributed by atoms with Gasteiger partial charge in [-0.3, -0.25) is 9.35 Å². The lowest BCUT2D eigenvalue weighted by Gasteiger charge is -2.12. The Bertz CT molecular complexity index is 1750. The SMILES string of the molecule is CC(=O)c1ccc(Sc2ccc(-c3ccc([S+](c4ccccc4)c4cc(S(=O)(=O)O)ccc4C)cc3)cc2)cc1. The smallest absolute Gasteiger partial charge is 0.294 e. The van der Waals surface area contributed by atoms with E-state index >= 15 is 0 Å². The first kappa shape index (κ1) is 27.9. The van der Waals surface area contributed by atoms with Crippen LogP contribution < -0.4 is 0 Å². The lowest BCUT2D eigenvalue weighted by Crippen LogP contribution is -2.08. The summed E-state index contributed by atoms with van der Waals surface area (Å²) in [7, 11) is -4.89. The Hall–Kier alpha value is -3.62. The van der Waals surface area contributed by atoms with Crippen LogP contribution in [0.5, 0.6) is 0 Å². The summed E-state index contributed by atoms with van der Waals surface area (Å²) in [4.78, 5) is 16.6. The molecule has 1 N–H and O–H groups in total. The second-order valence-corrected chi connectivity index (χ2v) is 13.8. The molecule has 0 aliphatic rings. The molecule has 0 aliphatic heterocycles. The Morgan fingerprint density at radius 2 is 1.23 bits per heavy atom. The molecule has 1 atom stereocenters. The van der Waals surface area contributed by atoms with Gasteiger partial charge in [0.15, 0.2) is 20.5 Å². The van der Waals surface area contributed by atoms with Crippen molar-refractivity contribution in [3.05, 3.63) is 132 Å². The van der Waals surface area contributed by atoms with E-state index in [1.54, 1.807) is 30.8 Å². The molecule has 7 heteroatoms. The van der Waals surface area contributed by atoms with E-state index < -0.39 is 21.0 Å². The molecule has 0 saturated heterocycles. The average molecular weight is 584 g/mol. The van der Waals surface area contributed by atoms with E-state index in [9.17, 15) is 17.8 Å². The molecule has 0 bridgehead atoms. The third kappa shape index (κ3) is 6.40. The van der Waals surface area contributed by atoms with E-state index in [1.807, 2.05) is 61.5 Å². The summed E-state index contributed by atoms with van der Waals surface area (Å²) in [5, 5.41) is 0. The first-order valence-corrected chi connectivity index (χ1v) is 16.0. The van der Waals surface area contributed by atoms with Crippen LogP contribution in [-0.2, 0) is 21.0 Å². The maximum absolute atomic E-state index is 11.9. The van der Waals surface area contributed by atoms with Crippen LogP contribution in [0.1, 0.15) is 22.8 Å². The monoisotopic (exact) mass is 583 g/mol. The minimum atomic E-state index is -4.32. The average Bonchev–Trinajstić information content (AvgIpc) is 2.95.